The van der Waals surface area contributed by atoms with Gasteiger partial charge in [-0.15, -0.1) is 11.3 Å². The minimum Gasteiger partial charge on any atom is -0.372 e. The molecule has 0 bridgehead atoms. The quantitative estimate of drug-likeness (QED) is 0.470. The minimum absolute atomic E-state index is 0.0457. The van der Waals surface area contributed by atoms with Crippen LogP contribution in [0.3, 0.4) is 0 Å². The van der Waals surface area contributed by atoms with Crippen molar-refractivity contribution in [2.24, 2.45) is 17.0 Å². The van der Waals surface area contributed by atoms with Crippen LogP contribution in [0.1, 0.15) is 38.0 Å². The zero-order valence-electron chi connectivity index (χ0n) is 17.5. The molecule has 4 rings (SSSR count). The molecule has 5 heteroatoms. The molecule has 1 aromatic heterocycles. The van der Waals surface area contributed by atoms with E-state index in [0.717, 1.165) is 31.2 Å². The average molecular weight is 426 g/mol. The second kappa shape index (κ2) is 9.36. The van der Waals surface area contributed by atoms with Gasteiger partial charge in [-0.1, -0.05) is 47.5 Å². The highest BCUT2D eigenvalue weighted by molar-refractivity contribution is 7.15. The standard InChI is InChI=1S/C25H28FNO2S/c1-16-11-22(15-27-28)29-24(12-16)19-4-3-17(2)20(13-19)14-23-9-10-25(30-23)18-5-7-21(26)8-6-18/h3-10,16,19,22,24H,11-15H2,1-2H3/t16-,19-,22-,24+/m0/s1. The fourth-order valence-electron chi connectivity index (χ4n) is 4.60. The van der Waals surface area contributed by atoms with Crippen molar-refractivity contribution in [3.63, 3.8) is 0 Å². The molecule has 30 heavy (non-hydrogen) atoms. The molecule has 1 aliphatic carbocycles. The Balaban J connectivity index is 1.44. The molecule has 158 valence electrons. The first-order valence-electron chi connectivity index (χ1n) is 10.7. The van der Waals surface area contributed by atoms with Crippen LogP contribution in [0.15, 0.2) is 64.9 Å². The molecule has 0 amide bonds. The molecule has 0 spiro atoms. The van der Waals surface area contributed by atoms with Gasteiger partial charge in [-0.25, -0.2) is 4.39 Å². The summed E-state index contributed by atoms with van der Waals surface area (Å²) < 4.78 is 19.4. The zero-order valence-corrected chi connectivity index (χ0v) is 18.3. The normalized spacial score (nSPS) is 26.8. The maximum atomic E-state index is 13.2. The monoisotopic (exact) mass is 425 g/mol. The Labute approximate surface area is 181 Å². The molecule has 1 saturated heterocycles. The predicted octanol–water partition coefficient (Wildman–Crippen LogP) is 6.94. The number of thiophene rings is 1. The van der Waals surface area contributed by atoms with Gasteiger partial charge in [-0.05, 0) is 61.9 Å². The summed E-state index contributed by atoms with van der Waals surface area (Å²) in [5, 5.41) is 3.07. The Kier molecular flexibility index (Phi) is 6.59. The van der Waals surface area contributed by atoms with Crippen LogP contribution in [0, 0.1) is 22.6 Å². The molecule has 4 atom stereocenters. The molecule has 0 unspecified atom stereocenters. The van der Waals surface area contributed by atoms with Crippen LogP contribution < -0.4 is 0 Å². The first kappa shape index (κ1) is 21.1. The summed E-state index contributed by atoms with van der Waals surface area (Å²) in [6.45, 7) is 4.67. The van der Waals surface area contributed by atoms with Crippen LogP contribution in [0.2, 0.25) is 0 Å². The fraction of sp³-hybridized carbons (Fsp3) is 0.440. The van der Waals surface area contributed by atoms with Crippen LogP contribution in [0.4, 0.5) is 4.39 Å². The highest BCUT2D eigenvalue weighted by Crippen LogP contribution is 2.37. The van der Waals surface area contributed by atoms with Gasteiger partial charge >= 0.3 is 0 Å². The van der Waals surface area contributed by atoms with Gasteiger partial charge in [0.1, 0.15) is 12.4 Å². The average Bonchev–Trinajstić information content (AvgIpc) is 3.18. The third kappa shape index (κ3) is 4.96. The van der Waals surface area contributed by atoms with E-state index in [9.17, 15) is 9.30 Å². The van der Waals surface area contributed by atoms with E-state index in [1.54, 1.807) is 11.3 Å². The van der Waals surface area contributed by atoms with Crippen molar-refractivity contribution in [2.75, 3.05) is 6.54 Å². The maximum absolute atomic E-state index is 13.2. The highest BCUT2D eigenvalue weighted by atomic mass is 32.1. The number of allylic oxidation sites excluding steroid dienone is 3. The highest BCUT2D eigenvalue weighted by Gasteiger charge is 2.33. The van der Waals surface area contributed by atoms with Crippen molar-refractivity contribution in [1.29, 1.82) is 0 Å². The molecule has 1 aromatic carbocycles. The molecule has 1 fully saturated rings. The van der Waals surface area contributed by atoms with Crippen LogP contribution in [0.25, 0.3) is 10.4 Å². The lowest BCUT2D eigenvalue weighted by Gasteiger charge is -2.37. The Morgan fingerprint density at radius 3 is 2.73 bits per heavy atom. The Hall–Kier alpha value is -2.11. The Morgan fingerprint density at radius 2 is 1.97 bits per heavy atom. The van der Waals surface area contributed by atoms with Crippen LogP contribution in [-0.2, 0) is 11.2 Å². The molecule has 0 N–H and O–H groups in total. The Bertz CT molecular complexity index is 946. The third-order valence-electron chi connectivity index (χ3n) is 6.23. The minimum atomic E-state index is -0.207. The van der Waals surface area contributed by atoms with Gasteiger partial charge in [-0.3, -0.25) is 0 Å². The number of rotatable bonds is 6. The number of nitroso groups, excluding NO2 is 1. The first-order chi connectivity index (χ1) is 14.5. The van der Waals surface area contributed by atoms with Crippen molar-refractivity contribution >= 4 is 11.3 Å². The maximum Gasteiger partial charge on any atom is 0.123 e. The van der Waals surface area contributed by atoms with Gasteiger partial charge < -0.3 is 4.74 Å². The van der Waals surface area contributed by atoms with Gasteiger partial charge in [0, 0.05) is 22.1 Å². The molecule has 1 aliphatic heterocycles. The summed E-state index contributed by atoms with van der Waals surface area (Å²) in [5.74, 6) is 0.689. The summed E-state index contributed by atoms with van der Waals surface area (Å²) in [4.78, 5) is 13.2. The first-order valence-corrected chi connectivity index (χ1v) is 11.5. The van der Waals surface area contributed by atoms with Crippen molar-refractivity contribution in [3.05, 3.63) is 75.3 Å². The smallest absolute Gasteiger partial charge is 0.123 e. The number of halogens is 1. The summed E-state index contributed by atoms with van der Waals surface area (Å²) >= 11 is 1.77. The molecule has 0 radical (unpaired) electrons. The van der Waals surface area contributed by atoms with E-state index in [1.165, 1.54) is 33.0 Å². The summed E-state index contributed by atoms with van der Waals surface area (Å²) in [7, 11) is 0. The number of benzene rings is 1. The second-order valence-electron chi connectivity index (χ2n) is 8.65. The summed E-state index contributed by atoms with van der Waals surface area (Å²) in [5.41, 5.74) is 3.83. The SMILES string of the molecule is CC1=C(Cc2ccc(-c3ccc(F)cc3)s2)C[C@@H]([C@H]2C[C@@H](C)C[C@@H](CN=O)O2)C=C1. The molecule has 2 aromatic rings. The van der Waals surface area contributed by atoms with E-state index in [0.29, 0.717) is 11.8 Å². The van der Waals surface area contributed by atoms with Gasteiger partial charge in [0.2, 0.25) is 0 Å². The van der Waals surface area contributed by atoms with Gasteiger partial charge in [0.05, 0.1) is 12.2 Å². The van der Waals surface area contributed by atoms with Crippen LogP contribution in [-0.4, -0.2) is 18.8 Å². The number of hydrogen-bond acceptors (Lipinski definition) is 4. The lowest BCUT2D eigenvalue weighted by molar-refractivity contribution is -0.0809. The lowest BCUT2D eigenvalue weighted by Crippen LogP contribution is -2.38. The number of hydrogen-bond donors (Lipinski definition) is 0. The second-order valence-corrected chi connectivity index (χ2v) is 9.82. The zero-order chi connectivity index (χ0) is 21.1. The van der Waals surface area contributed by atoms with Gasteiger partial charge in [0.15, 0.2) is 0 Å². The molecule has 2 aliphatic rings. The largest absolute Gasteiger partial charge is 0.372 e. The third-order valence-corrected chi connectivity index (χ3v) is 7.37. The van der Waals surface area contributed by atoms with E-state index in [1.807, 2.05) is 12.1 Å². The van der Waals surface area contributed by atoms with E-state index in [4.69, 9.17) is 4.74 Å². The topological polar surface area (TPSA) is 38.7 Å². The van der Waals surface area contributed by atoms with Crippen molar-refractivity contribution in [3.8, 4) is 10.4 Å². The van der Waals surface area contributed by atoms with Crippen LogP contribution >= 0.6 is 11.3 Å². The predicted molar refractivity (Wildman–Crippen MR) is 121 cm³/mol. The van der Waals surface area contributed by atoms with Crippen molar-refractivity contribution < 1.29 is 9.13 Å². The number of ether oxygens (including phenoxy) is 1. The van der Waals surface area contributed by atoms with E-state index >= 15 is 0 Å². The molecular weight excluding hydrogens is 397 g/mol. The van der Waals surface area contributed by atoms with Crippen LogP contribution in [0.5, 0.6) is 0 Å². The van der Waals surface area contributed by atoms with Gasteiger partial charge in [0.25, 0.3) is 0 Å². The molecule has 3 nitrogen and oxygen atoms in total. The molecule has 2 heterocycles. The summed E-state index contributed by atoms with van der Waals surface area (Å²) in [6, 6.07) is 11.0. The Morgan fingerprint density at radius 1 is 1.17 bits per heavy atom. The van der Waals surface area contributed by atoms with Crippen molar-refractivity contribution in [1.82, 2.24) is 0 Å². The number of nitrogens with zero attached hydrogens (tertiary/aromatic N) is 1. The van der Waals surface area contributed by atoms with E-state index < -0.39 is 0 Å². The lowest BCUT2D eigenvalue weighted by atomic mass is 9.80. The molecule has 0 saturated carbocycles. The summed E-state index contributed by atoms with van der Waals surface area (Å²) in [6.07, 6.45) is 8.49. The van der Waals surface area contributed by atoms with Gasteiger partial charge in [-0.2, -0.15) is 4.91 Å². The van der Waals surface area contributed by atoms with E-state index in [-0.39, 0.29) is 24.6 Å². The van der Waals surface area contributed by atoms with E-state index in [2.05, 4.69) is 43.3 Å². The molecular formula is C25H28FNO2S. The van der Waals surface area contributed by atoms with Crippen molar-refractivity contribution in [2.45, 2.75) is 51.7 Å². The fourth-order valence-corrected chi connectivity index (χ4v) is 5.65.